The second-order valence-electron chi connectivity index (χ2n) is 9.31. The van der Waals surface area contributed by atoms with Gasteiger partial charge in [0.1, 0.15) is 11.9 Å². The molecule has 3 amide bonds. The highest BCUT2D eigenvalue weighted by Crippen LogP contribution is 2.30. The number of rotatable bonds is 4. The highest BCUT2D eigenvalue weighted by molar-refractivity contribution is 6.31. The molecule has 0 bridgehead atoms. The molecule has 0 aliphatic carbocycles. The molecule has 2 aromatic heterocycles. The van der Waals surface area contributed by atoms with Gasteiger partial charge in [-0.15, -0.1) is 0 Å². The molecule has 0 spiro atoms. The van der Waals surface area contributed by atoms with Gasteiger partial charge in [0, 0.05) is 73.8 Å². The third-order valence-corrected chi connectivity index (χ3v) is 7.11. The van der Waals surface area contributed by atoms with Crippen molar-refractivity contribution < 1.29 is 9.59 Å². The van der Waals surface area contributed by atoms with E-state index in [0.29, 0.717) is 56.5 Å². The number of likely N-dealkylation sites (tertiary alicyclic amines) is 1. The van der Waals surface area contributed by atoms with Crippen molar-refractivity contribution in [3.63, 3.8) is 0 Å². The predicted molar refractivity (Wildman–Crippen MR) is 141 cm³/mol. The number of nitrogens with two attached hydrogens (primary N) is 1. The molecule has 5 rings (SSSR count). The molecule has 3 N–H and O–H groups in total. The summed E-state index contributed by atoms with van der Waals surface area (Å²) in [7, 11) is 0. The van der Waals surface area contributed by atoms with Crippen LogP contribution in [0.1, 0.15) is 24.8 Å². The number of carbonyl (C=O) groups is 2. The van der Waals surface area contributed by atoms with E-state index >= 15 is 0 Å². The van der Waals surface area contributed by atoms with Crippen LogP contribution in [0.25, 0.3) is 10.9 Å². The summed E-state index contributed by atoms with van der Waals surface area (Å²) in [5.74, 6) is 0.414. The largest absolute Gasteiger partial charge is 0.384 e. The minimum Gasteiger partial charge on any atom is -0.384 e. The second kappa shape index (κ2) is 10.6. The number of nitrogen functional groups attached to an aromatic ring is 1. The first-order chi connectivity index (χ1) is 17.5. The van der Waals surface area contributed by atoms with Crippen LogP contribution in [0, 0.1) is 0 Å². The number of aromatic nitrogens is 2. The van der Waals surface area contributed by atoms with Crippen molar-refractivity contribution in [1.29, 1.82) is 0 Å². The number of fused-ring (bicyclic) bond motifs is 1. The molecule has 2 fully saturated rings. The fourth-order valence-electron chi connectivity index (χ4n) is 4.96. The highest BCUT2D eigenvalue weighted by atomic mass is 35.5. The van der Waals surface area contributed by atoms with Gasteiger partial charge in [-0.1, -0.05) is 11.6 Å². The SMILES string of the molecule is Nc1cc(N2CCN(C(=O)N[C@H]3CCCCN(Cc4ccncc4)C3=O)CC2)c2ccc(Cl)cc2n1. The number of nitrogens with one attached hydrogen (secondary N) is 1. The monoisotopic (exact) mass is 507 g/mol. The normalized spacial score (nSPS) is 18.9. The lowest BCUT2D eigenvalue weighted by Crippen LogP contribution is -2.56. The third kappa shape index (κ3) is 5.31. The van der Waals surface area contributed by atoms with Gasteiger partial charge in [0.2, 0.25) is 5.91 Å². The van der Waals surface area contributed by atoms with Gasteiger partial charge in [0.05, 0.1) is 5.52 Å². The Hall–Kier alpha value is -3.59. The molecule has 36 heavy (non-hydrogen) atoms. The maximum Gasteiger partial charge on any atom is 0.318 e. The number of nitrogens with zero attached hydrogens (tertiary/aromatic N) is 5. The summed E-state index contributed by atoms with van der Waals surface area (Å²) >= 11 is 6.14. The minimum atomic E-state index is -0.506. The molecule has 0 unspecified atom stereocenters. The van der Waals surface area contributed by atoms with Crippen LogP contribution < -0.4 is 16.0 Å². The van der Waals surface area contributed by atoms with E-state index in [2.05, 4.69) is 20.2 Å². The van der Waals surface area contributed by atoms with E-state index in [-0.39, 0.29) is 11.9 Å². The van der Waals surface area contributed by atoms with Crippen molar-refractivity contribution in [2.24, 2.45) is 0 Å². The number of halogens is 1. The van der Waals surface area contributed by atoms with Crippen LogP contribution in [0.4, 0.5) is 16.3 Å². The van der Waals surface area contributed by atoms with Crippen molar-refractivity contribution in [3.05, 3.63) is 59.4 Å². The van der Waals surface area contributed by atoms with Gasteiger partial charge in [0.15, 0.2) is 0 Å². The van der Waals surface area contributed by atoms with E-state index in [0.717, 1.165) is 35.0 Å². The zero-order valence-corrected chi connectivity index (χ0v) is 20.8. The number of urea groups is 1. The number of piperazine rings is 1. The summed E-state index contributed by atoms with van der Waals surface area (Å²) in [5, 5.41) is 4.60. The topological polar surface area (TPSA) is 108 Å². The molecule has 2 aliphatic heterocycles. The average Bonchev–Trinajstić information content (AvgIpc) is 3.05. The van der Waals surface area contributed by atoms with Gasteiger partial charge in [-0.05, 0) is 55.2 Å². The van der Waals surface area contributed by atoms with E-state index in [4.69, 9.17) is 17.3 Å². The van der Waals surface area contributed by atoms with Crippen molar-refractivity contribution in [2.75, 3.05) is 43.4 Å². The van der Waals surface area contributed by atoms with Crippen LogP contribution in [0.3, 0.4) is 0 Å². The molecule has 0 radical (unpaired) electrons. The number of hydrogen-bond donors (Lipinski definition) is 2. The van der Waals surface area contributed by atoms with Crippen molar-refractivity contribution in [1.82, 2.24) is 25.1 Å². The first kappa shape index (κ1) is 24.1. The van der Waals surface area contributed by atoms with E-state index in [1.54, 1.807) is 17.3 Å². The fourth-order valence-corrected chi connectivity index (χ4v) is 5.13. The van der Waals surface area contributed by atoms with Crippen LogP contribution in [-0.4, -0.2) is 70.5 Å². The van der Waals surface area contributed by atoms with Gasteiger partial charge in [-0.25, -0.2) is 9.78 Å². The molecule has 9 nitrogen and oxygen atoms in total. The summed E-state index contributed by atoms with van der Waals surface area (Å²) in [5.41, 5.74) is 8.82. The Morgan fingerprint density at radius 2 is 1.83 bits per heavy atom. The lowest BCUT2D eigenvalue weighted by atomic mass is 10.1. The smallest absolute Gasteiger partial charge is 0.318 e. The van der Waals surface area contributed by atoms with E-state index in [1.807, 2.05) is 41.3 Å². The van der Waals surface area contributed by atoms with Gasteiger partial charge >= 0.3 is 6.03 Å². The standard InChI is InChI=1S/C26H30ClN7O2/c27-19-4-5-20-22(15-19)30-24(28)16-23(20)32-11-13-33(14-12-32)26(36)31-21-3-1-2-10-34(25(21)35)17-18-6-8-29-9-7-18/h4-9,15-16,21H,1-3,10-14,17H2,(H2,28,30)(H,31,36)/t21-/m0/s1. The van der Waals surface area contributed by atoms with Gasteiger partial charge in [-0.2, -0.15) is 0 Å². The van der Waals surface area contributed by atoms with Crippen LogP contribution in [0.15, 0.2) is 48.8 Å². The summed E-state index contributed by atoms with van der Waals surface area (Å²) in [6.45, 7) is 3.62. The summed E-state index contributed by atoms with van der Waals surface area (Å²) in [4.78, 5) is 40.6. The van der Waals surface area contributed by atoms with E-state index < -0.39 is 6.04 Å². The van der Waals surface area contributed by atoms with Crippen LogP contribution in [-0.2, 0) is 11.3 Å². The molecule has 3 aromatic rings. The fraction of sp³-hybridized carbons (Fsp3) is 0.385. The Morgan fingerprint density at radius 3 is 2.61 bits per heavy atom. The molecule has 1 atom stereocenters. The lowest BCUT2D eigenvalue weighted by molar-refractivity contribution is -0.133. The van der Waals surface area contributed by atoms with Crippen molar-refractivity contribution in [2.45, 2.75) is 31.8 Å². The highest BCUT2D eigenvalue weighted by Gasteiger charge is 2.31. The molecular weight excluding hydrogens is 478 g/mol. The number of pyridine rings is 2. The number of anilines is 2. The Balaban J connectivity index is 1.21. The van der Waals surface area contributed by atoms with E-state index in [1.165, 1.54) is 0 Å². The Labute approximate surface area is 215 Å². The average molecular weight is 508 g/mol. The molecule has 4 heterocycles. The summed E-state index contributed by atoms with van der Waals surface area (Å²) < 4.78 is 0. The first-order valence-corrected chi connectivity index (χ1v) is 12.7. The molecule has 2 saturated heterocycles. The summed E-state index contributed by atoms with van der Waals surface area (Å²) in [6.07, 6.45) is 5.94. The van der Waals surface area contributed by atoms with Crippen LogP contribution in [0.2, 0.25) is 5.02 Å². The third-order valence-electron chi connectivity index (χ3n) is 6.88. The zero-order valence-electron chi connectivity index (χ0n) is 20.1. The molecular formula is C26H30ClN7O2. The second-order valence-corrected chi connectivity index (χ2v) is 9.75. The number of amides is 3. The van der Waals surface area contributed by atoms with Crippen LogP contribution in [0.5, 0.6) is 0 Å². The minimum absolute atomic E-state index is 0.0197. The van der Waals surface area contributed by atoms with Crippen molar-refractivity contribution in [3.8, 4) is 0 Å². The first-order valence-electron chi connectivity index (χ1n) is 12.3. The molecule has 10 heteroatoms. The Bertz CT molecular complexity index is 1240. The number of benzene rings is 1. The molecule has 2 aliphatic rings. The maximum absolute atomic E-state index is 13.2. The predicted octanol–water partition coefficient (Wildman–Crippen LogP) is 3.28. The number of carbonyl (C=O) groups excluding carboxylic acids is 2. The van der Waals surface area contributed by atoms with Gasteiger partial charge in [0.25, 0.3) is 0 Å². The lowest BCUT2D eigenvalue weighted by Gasteiger charge is -2.37. The maximum atomic E-state index is 13.2. The molecule has 188 valence electrons. The Kier molecular flexibility index (Phi) is 7.09. The number of hydrogen-bond acceptors (Lipinski definition) is 6. The zero-order chi connectivity index (χ0) is 25.1. The van der Waals surface area contributed by atoms with E-state index in [9.17, 15) is 9.59 Å². The molecule has 0 saturated carbocycles. The quantitative estimate of drug-likeness (QED) is 0.561. The molecule has 1 aromatic carbocycles. The Morgan fingerprint density at radius 1 is 1.06 bits per heavy atom. The van der Waals surface area contributed by atoms with Crippen LogP contribution >= 0.6 is 11.6 Å². The van der Waals surface area contributed by atoms with Crippen molar-refractivity contribution >= 4 is 45.9 Å². The van der Waals surface area contributed by atoms with Gasteiger partial charge in [-0.3, -0.25) is 9.78 Å². The van der Waals surface area contributed by atoms with Gasteiger partial charge < -0.3 is 25.8 Å². The summed E-state index contributed by atoms with van der Waals surface area (Å²) in [6, 6.07) is 10.6.